The highest BCUT2D eigenvalue weighted by molar-refractivity contribution is 9.10. The van der Waals surface area contributed by atoms with Gasteiger partial charge in [-0.05, 0) is 70.4 Å². The largest absolute Gasteiger partial charge is 0.504 e. The highest BCUT2D eigenvalue weighted by Gasteiger charge is 2.18. The molecule has 0 amide bonds. The van der Waals surface area contributed by atoms with Gasteiger partial charge in [0.25, 0.3) is 0 Å². The van der Waals surface area contributed by atoms with Crippen LogP contribution in [0.4, 0.5) is 0 Å². The number of rotatable bonds is 1. The van der Waals surface area contributed by atoms with Crippen LogP contribution in [-0.4, -0.2) is 20.4 Å². The normalized spacial score (nSPS) is 11.3. The third-order valence-corrected chi connectivity index (χ3v) is 5.38. The second-order valence-corrected chi connectivity index (χ2v) is 7.79. The van der Waals surface area contributed by atoms with Crippen molar-refractivity contribution >= 4 is 53.4 Å². The van der Waals surface area contributed by atoms with E-state index in [2.05, 4.69) is 31.9 Å². The molecule has 0 fully saturated rings. The fourth-order valence-electron chi connectivity index (χ4n) is 3.18. The number of aromatic hydroxyl groups is 4. The smallest absolute Gasteiger partial charge is 0.165 e. The maximum atomic E-state index is 10.2. The fourth-order valence-corrected chi connectivity index (χ4v) is 3.90. The van der Waals surface area contributed by atoms with Gasteiger partial charge in [0.05, 0.1) is 0 Å². The molecule has 0 spiro atoms. The van der Waals surface area contributed by atoms with E-state index in [0.29, 0.717) is 32.7 Å². The fraction of sp³-hybridized carbons (Fsp3) is 0. The van der Waals surface area contributed by atoms with Crippen molar-refractivity contribution in [1.82, 2.24) is 0 Å². The van der Waals surface area contributed by atoms with Gasteiger partial charge < -0.3 is 20.4 Å². The molecule has 0 unspecified atom stereocenters. The molecule has 0 aromatic heterocycles. The summed E-state index contributed by atoms with van der Waals surface area (Å²) in [6.45, 7) is 0. The van der Waals surface area contributed by atoms with Crippen molar-refractivity contribution in [3.63, 3.8) is 0 Å². The summed E-state index contributed by atoms with van der Waals surface area (Å²) in [5, 5.41) is 43.2. The van der Waals surface area contributed by atoms with Crippen LogP contribution >= 0.6 is 31.9 Å². The van der Waals surface area contributed by atoms with Crippen molar-refractivity contribution in [3.8, 4) is 34.1 Å². The minimum Gasteiger partial charge on any atom is -0.504 e. The van der Waals surface area contributed by atoms with Gasteiger partial charge in [-0.2, -0.15) is 0 Å². The monoisotopic (exact) mass is 474 g/mol. The van der Waals surface area contributed by atoms with Crippen LogP contribution in [0, 0.1) is 0 Å². The molecule has 0 aliphatic heterocycles. The summed E-state index contributed by atoms with van der Waals surface area (Å²) in [4.78, 5) is 0. The van der Waals surface area contributed by atoms with Crippen molar-refractivity contribution in [1.29, 1.82) is 0 Å². The van der Waals surface area contributed by atoms with Gasteiger partial charge in [0, 0.05) is 19.7 Å². The van der Waals surface area contributed by atoms with Crippen molar-refractivity contribution in [3.05, 3.63) is 57.5 Å². The number of phenolic OH excluding ortho intramolecular Hbond substituents is 4. The molecule has 0 aliphatic carbocycles. The summed E-state index contributed by atoms with van der Waals surface area (Å²) in [5.41, 5.74) is 1.24. The summed E-state index contributed by atoms with van der Waals surface area (Å²) in [6, 6.07) is 13.5. The van der Waals surface area contributed by atoms with Gasteiger partial charge in [-0.3, -0.25) is 0 Å². The van der Waals surface area contributed by atoms with E-state index < -0.39 is 0 Å². The molecular weight excluding hydrogens is 464 g/mol. The Kier molecular flexibility index (Phi) is 3.97. The molecule has 0 atom stereocenters. The number of fused-ring (bicyclic) bond motifs is 2. The number of hydrogen-bond acceptors (Lipinski definition) is 4. The van der Waals surface area contributed by atoms with Crippen LogP contribution in [0.2, 0.25) is 0 Å². The van der Waals surface area contributed by atoms with Crippen LogP contribution in [0.15, 0.2) is 57.5 Å². The second-order valence-electron chi connectivity index (χ2n) is 5.96. The van der Waals surface area contributed by atoms with Crippen molar-refractivity contribution in [2.75, 3.05) is 0 Å². The minimum absolute atomic E-state index is 0.204. The third-order valence-electron chi connectivity index (χ3n) is 4.39. The van der Waals surface area contributed by atoms with Gasteiger partial charge in [-0.15, -0.1) is 0 Å². The first-order valence-corrected chi connectivity index (χ1v) is 9.24. The van der Waals surface area contributed by atoms with Gasteiger partial charge in [-0.25, -0.2) is 0 Å². The number of hydrogen-bond donors (Lipinski definition) is 4. The SMILES string of the molecule is Oc1cc(-c2cc(O)c(O)c3ccc(Br)cc23)c2cc(Br)ccc2c1O. The Balaban J connectivity index is 2.21. The molecule has 0 saturated carbocycles. The Labute approximate surface area is 165 Å². The Hall–Kier alpha value is -2.44. The van der Waals surface area contributed by atoms with Crippen LogP contribution in [0.3, 0.4) is 0 Å². The molecule has 6 heteroatoms. The maximum Gasteiger partial charge on any atom is 0.165 e. The zero-order valence-corrected chi connectivity index (χ0v) is 16.3. The number of benzene rings is 4. The van der Waals surface area contributed by atoms with Crippen LogP contribution < -0.4 is 0 Å². The summed E-state index contributed by atoms with van der Waals surface area (Å²) in [7, 11) is 0. The first kappa shape index (κ1) is 17.0. The Morgan fingerprint density at radius 1 is 0.500 bits per heavy atom. The molecule has 4 N–H and O–H groups in total. The number of halogens is 2. The Morgan fingerprint density at radius 3 is 1.27 bits per heavy atom. The van der Waals surface area contributed by atoms with E-state index in [1.807, 2.05) is 12.1 Å². The highest BCUT2D eigenvalue weighted by Crippen LogP contribution is 2.47. The average molecular weight is 476 g/mol. The molecule has 0 saturated heterocycles. The van der Waals surface area contributed by atoms with E-state index >= 15 is 0 Å². The molecule has 4 aromatic carbocycles. The van der Waals surface area contributed by atoms with Crippen LogP contribution in [0.5, 0.6) is 23.0 Å². The quantitative estimate of drug-likeness (QED) is 0.254. The summed E-state index contributed by atoms with van der Waals surface area (Å²) < 4.78 is 1.62. The molecule has 0 heterocycles. The van der Waals surface area contributed by atoms with E-state index in [9.17, 15) is 20.4 Å². The van der Waals surface area contributed by atoms with Gasteiger partial charge in [0.1, 0.15) is 0 Å². The van der Waals surface area contributed by atoms with Gasteiger partial charge >= 0.3 is 0 Å². The zero-order valence-electron chi connectivity index (χ0n) is 13.2. The van der Waals surface area contributed by atoms with Crippen molar-refractivity contribution in [2.45, 2.75) is 0 Å². The lowest BCUT2D eigenvalue weighted by molar-refractivity contribution is 0.408. The van der Waals surface area contributed by atoms with E-state index in [4.69, 9.17) is 0 Å². The zero-order chi connectivity index (χ0) is 18.6. The highest BCUT2D eigenvalue weighted by atomic mass is 79.9. The van der Waals surface area contributed by atoms with Crippen LogP contribution in [-0.2, 0) is 0 Å². The summed E-state index contributed by atoms with van der Waals surface area (Å²) in [6.07, 6.45) is 0. The lowest BCUT2D eigenvalue weighted by Gasteiger charge is -2.15. The van der Waals surface area contributed by atoms with Gasteiger partial charge in [0.15, 0.2) is 23.0 Å². The maximum absolute atomic E-state index is 10.2. The molecule has 0 bridgehead atoms. The second kappa shape index (κ2) is 6.07. The lowest BCUT2D eigenvalue weighted by atomic mass is 9.92. The van der Waals surface area contributed by atoms with E-state index in [1.165, 1.54) is 12.1 Å². The van der Waals surface area contributed by atoms with Gasteiger partial charge in [-0.1, -0.05) is 31.9 Å². The van der Waals surface area contributed by atoms with E-state index in [-0.39, 0.29) is 23.0 Å². The summed E-state index contributed by atoms with van der Waals surface area (Å²) in [5.74, 6) is -0.925. The average Bonchev–Trinajstić information content (AvgIpc) is 2.61. The van der Waals surface area contributed by atoms with E-state index in [0.717, 1.165) is 8.95 Å². The first-order valence-electron chi connectivity index (χ1n) is 7.65. The Bertz CT molecular complexity index is 1110. The molecule has 4 rings (SSSR count). The molecule has 0 aliphatic rings. The molecular formula is C20H12Br2O4. The Morgan fingerprint density at radius 2 is 0.885 bits per heavy atom. The molecule has 4 nitrogen and oxygen atoms in total. The number of phenols is 4. The summed E-state index contributed by atoms with van der Waals surface area (Å²) >= 11 is 6.86. The first-order chi connectivity index (χ1) is 12.4. The predicted octanol–water partition coefficient (Wildman–Crippen LogP) is 6.01. The predicted molar refractivity (Wildman–Crippen MR) is 109 cm³/mol. The van der Waals surface area contributed by atoms with Crippen LogP contribution in [0.1, 0.15) is 0 Å². The van der Waals surface area contributed by atoms with Crippen molar-refractivity contribution < 1.29 is 20.4 Å². The lowest BCUT2D eigenvalue weighted by Crippen LogP contribution is -1.87. The minimum atomic E-state index is -0.259. The third kappa shape index (κ3) is 2.57. The van der Waals surface area contributed by atoms with Crippen LogP contribution in [0.25, 0.3) is 32.7 Å². The molecule has 130 valence electrons. The molecule has 26 heavy (non-hydrogen) atoms. The molecule has 4 aromatic rings. The standard InChI is InChI=1S/C20H12Br2O4/c21-9-1-3-11-13(5-9)15(7-17(23)19(11)25)16-8-18(24)20(26)12-4-2-10(22)6-14(12)16/h1-8,23-26H. The van der Waals surface area contributed by atoms with E-state index in [1.54, 1.807) is 24.3 Å². The van der Waals surface area contributed by atoms with Gasteiger partial charge in [0.2, 0.25) is 0 Å². The van der Waals surface area contributed by atoms with Crippen molar-refractivity contribution in [2.24, 2.45) is 0 Å². The topological polar surface area (TPSA) is 80.9 Å². The molecule has 0 radical (unpaired) electrons.